The second kappa shape index (κ2) is 4.14. The fraction of sp³-hybridized carbons (Fsp3) is 0.364. The second-order valence-corrected chi connectivity index (χ2v) is 4.15. The van der Waals surface area contributed by atoms with Crippen molar-refractivity contribution in [3.63, 3.8) is 0 Å². The zero-order chi connectivity index (χ0) is 14.4. The van der Waals surface area contributed by atoms with Gasteiger partial charge in [-0.05, 0) is 23.8 Å². The van der Waals surface area contributed by atoms with Crippen molar-refractivity contribution in [1.82, 2.24) is 0 Å². The molecule has 1 unspecified atom stereocenters. The Morgan fingerprint density at radius 1 is 1.11 bits per heavy atom. The molecule has 0 aromatic heterocycles. The largest absolute Gasteiger partial charge is 0.416 e. The molecule has 1 atom stereocenters. The van der Waals surface area contributed by atoms with Crippen molar-refractivity contribution in [2.24, 2.45) is 0 Å². The summed E-state index contributed by atoms with van der Waals surface area (Å²) in [4.78, 5) is 11.1. The molecule has 1 aromatic rings. The Bertz CT molecular complexity index is 519. The van der Waals surface area contributed by atoms with Gasteiger partial charge in [0.25, 0.3) is 0 Å². The highest BCUT2D eigenvalue weighted by Gasteiger charge is 2.46. The van der Waals surface area contributed by atoms with Gasteiger partial charge in [-0.2, -0.15) is 26.3 Å². The molecule has 1 aromatic carbocycles. The molecule has 2 rings (SSSR count). The molecule has 0 aliphatic carbocycles. The van der Waals surface area contributed by atoms with Crippen LogP contribution in [0.1, 0.15) is 23.5 Å². The van der Waals surface area contributed by atoms with E-state index in [1.807, 2.05) is 0 Å². The van der Waals surface area contributed by atoms with Gasteiger partial charge < -0.3 is 5.32 Å². The molecule has 0 fully saturated rings. The molecule has 1 N–H and O–H groups in total. The van der Waals surface area contributed by atoms with Crippen LogP contribution in [0.4, 0.5) is 32.0 Å². The molecule has 1 amide bonds. The van der Waals surface area contributed by atoms with E-state index in [0.29, 0.717) is 12.1 Å². The summed E-state index contributed by atoms with van der Waals surface area (Å²) in [7, 11) is 0. The first-order chi connectivity index (χ1) is 8.59. The second-order valence-electron chi connectivity index (χ2n) is 4.15. The van der Waals surface area contributed by atoms with E-state index in [-0.39, 0.29) is 5.69 Å². The van der Waals surface area contributed by atoms with Gasteiger partial charge in [0.1, 0.15) is 0 Å². The molecule has 0 radical (unpaired) electrons. The average molecular weight is 283 g/mol. The van der Waals surface area contributed by atoms with Crippen LogP contribution in [0, 0.1) is 0 Å². The van der Waals surface area contributed by atoms with Crippen LogP contribution in [0.2, 0.25) is 0 Å². The monoisotopic (exact) mass is 283 g/mol. The van der Waals surface area contributed by atoms with Gasteiger partial charge in [-0.3, -0.25) is 4.79 Å². The first-order valence-corrected chi connectivity index (χ1v) is 5.17. The summed E-state index contributed by atoms with van der Waals surface area (Å²) in [5.41, 5.74) is -1.95. The van der Waals surface area contributed by atoms with E-state index >= 15 is 0 Å². The van der Waals surface area contributed by atoms with Gasteiger partial charge >= 0.3 is 12.4 Å². The zero-order valence-electron chi connectivity index (χ0n) is 9.19. The predicted octanol–water partition coefficient (Wildman–Crippen LogP) is 3.69. The third-order valence-corrected chi connectivity index (χ3v) is 2.81. The molecule has 0 saturated carbocycles. The van der Waals surface area contributed by atoms with Gasteiger partial charge in [0.15, 0.2) is 0 Å². The van der Waals surface area contributed by atoms with Crippen LogP contribution in [-0.4, -0.2) is 12.1 Å². The third-order valence-electron chi connectivity index (χ3n) is 2.81. The van der Waals surface area contributed by atoms with Crippen molar-refractivity contribution in [2.75, 3.05) is 5.32 Å². The molecule has 104 valence electrons. The van der Waals surface area contributed by atoms with Crippen LogP contribution in [0.3, 0.4) is 0 Å². The summed E-state index contributed by atoms with van der Waals surface area (Å²) in [5, 5.41) is 2.13. The Hall–Kier alpha value is -1.73. The zero-order valence-corrected chi connectivity index (χ0v) is 9.19. The molecule has 1 heterocycles. The quantitative estimate of drug-likeness (QED) is 0.723. The number of carbonyl (C=O) groups is 1. The molecule has 0 spiro atoms. The van der Waals surface area contributed by atoms with Crippen molar-refractivity contribution >= 4 is 11.6 Å². The van der Waals surface area contributed by atoms with E-state index < -0.39 is 41.7 Å². The Morgan fingerprint density at radius 2 is 1.74 bits per heavy atom. The standard InChI is InChI=1S/C11H7F6NO/c12-10(13,14)5-1-2-8-6(3-5)7(11(15,16)17)4-9(19)18-8/h1-3,7H,4H2,(H,18,19). The van der Waals surface area contributed by atoms with Gasteiger partial charge in [0.2, 0.25) is 5.91 Å². The number of carbonyl (C=O) groups excluding carboxylic acids is 1. The van der Waals surface area contributed by atoms with Gasteiger partial charge in [-0.25, -0.2) is 0 Å². The summed E-state index contributed by atoms with van der Waals surface area (Å²) in [6.07, 6.45) is -10.4. The highest BCUT2D eigenvalue weighted by atomic mass is 19.4. The van der Waals surface area contributed by atoms with Crippen molar-refractivity contribution in [2.45, 2.75) is 24.7 Å². The highest BCUT2D eigenvalue weighted by Crippen LogP contribution is 2.45. The number of benzene rings is 1. The number of hydrogen-bond donors (Lipinski definition) is 1. The van der Waals surface area contributed by atoms with Crippen LogP contribution in [0.5, 0.6) is 0 Å². The molecule has 0 bridgehead atoms. The van der Waals surface area contributed by atoms with Gasteiger partial charge in [0, 0.05) is 12.1 Å². The van der Waals surface area contributed by atoms with Crippen molar-refractivity contribution in [1.29, 1.82) is 0 Å². The van der Waals surface area contributed by atoms with E-state index in [1.54, 1.807) is 0 Å². The molecule has 19 heavy (non-hydrogen) atoms. The van der Waals surface area contributed by atoms with Crippen LogP contribution >= 0.6 is 0 Å². The number of fused-ring (bicyclic) bond motifs is 1. The van der Waals surface area contributed by atoms with Crippen LogP contribution in [-0.2, 0) is 11.0 Å². The van der Waals surface area contributed by atoms with Crippen molar-refractivity contribution in [3.8, 4) is 0 Å². The first-order valence-electron chi connectivity index (χ1n) is 5.17. The maximum Gasteiger partial charge on any atom is 0.416 e. The molecule has 1 aliphatic rings. The lowest BCUT2D eigenvalue weighted by atomic mass is 9.88. The smallest absolute Gasteiger partial charge is 0.326 e. The minimum atomic E-state index is -4.77. The summed E-state index contributed by atoms with van der Waals surface area (Å²) < 4.78 is 75.7. The van der Waals surface area contributed by atoms with Crippen molar-refractivity contribution < 1.29 is 31.1 Å². The number of nitrogens with one attached hydrogen (secondary N) is 1. The number of hydrogen-bond acceptors (Lipinski definition) is 1. The lowest BCUT2D eigenvalue weighted by molar-refractivity contribution is -0.157. The minimum absolute atomic E-state index is 0.230. The van der Waals surface area contributed by atoms with Gasteiger partial charge in [-0.1, -0.05) is 0 Å². The SMILES string of the molecule is O=C1CC(C(F)(F)F)c2cc(C(F)(F)F)ccc2N1. The molecule has 8 heteroatoms. The van der Waals surface area contributed by atoms with E-state index in [4.69, 9.17) is 0 Å². The number of anilines is 1. The maximum atomic E-state index is 12.8. The fourth-order valence-corrected chi connectivity index (χ4v) is 1.93. The van der Waals surface area contributed by atoms with Crippen molar-refractivity contribution in [3.05, 3.63) is 29.3 Å². The van der Waals surface area contributed by atoms with Crippen LogP contribution in [0.25, 0.3) is 0 Å². The lowest BCUT2D eigenvalue weighted by Crippen LogP contribution is -2.31. The Kier molecular flexibility index (Phi) is 2.98. The van der Waals surface area contributed by atoms with E-state index in [9.17, 15) is 31.1 Å². The normalized spacial score (nSPS) is 19.9. The number of alkyl halides is 6. The Balaban J connectivity index is 2.54. The molecular formula is C11H7F6NO. The lowest BCUT2D eigenvalue weighted by Gasteiger charge is -2.28. The first kappa shape index (κ1) is 13.7. The Morgan fingerprint density at radius 3 is 2.26 bits per heavy atom. The number of rotatable bonds is 0. The fourth-order valence-electron chi connectivity index (χ4n) is 1.93. The number of halogens is 6. The highest BCUT2D eigenvalue weighted by molar-refractivity contribution is 5.94. The molecular weight excluding hydrogens is 276 g/mol. The van der Waals surface area contributed by atoms with E-state index in [0.717, 1.165) is 6.07 Å². The average Bonchev–Trinajstić information content (AvgIpc) is 2.24. The van der Waals surface area contributed by atoms with E-state index in [2.05, 4.69) is 5.32 Å². The molecule has 1 aliphatic heterocycles. The Labute approximate surface area is 103 Å². The van der Waals surface area contributed by atoms with Gasteiger partial charge in [0.05, 0.1) is 11.5 Å². The third kappa shape index (κ3) is 2.66. The van der Waals surface area contributed by atoms with Gasteiger partial charge in [-0.15, -0.1) is 0 Å². The minimum Gasteiger partial charge on any atom is -0.326 e. The summed E-state index contributed by atoms with van der Waals surface area (Å²) in [5.74, 6) is -3.08. The molecule has 0 saturated heterocycles. The van der Waals surface area contributed by atoms with Crippen LogP contribution < -0.4 is 5.32 Å². The van der Waals surface area contributed by atoms with Crippen LogP contribution in [0.15, 0.2) is 18.2 Å². The summed E-state index contributed by atoms with van der Waals surface area (Å²) in [6, 6.07) is 1.92. The maximum absolute atomic E-state index is 12.8. The summed E-state index contributed by atoms with van der Waals surface area (Å²) in [6.45, 7) is 0. The predicted molar refractivity (Wildman–Crippen MR) is 53.5 cm³/mol. The van der Waals surface area contributed by atoms with E-state index in [1.165, 1.54) is 0 Å². The topological polar surface area (TPSA) is 29.1 Å². The molecule has 2 nitrogen and oxygen atoms in total. The number of amides is 1. The summed E-state index contributed by atoms with van der Waals surface area (Å²) >= 11 is 0.